The molecule has 2 fully saturated rings. The van der Waals surface area contributed by atoms with Crippen molar-refractivity contribution in [3.8, 4) is 6.07 Å². The lowest BCUT2D eigenvalue weighted by Crippen LogP contribution is -2.49. The Balaban J connectivity index is 1.41. The van der Waals surface area contributed by atoms with Gasteiger partial charge in [0.05, 0.1) is 35.8 Å². The number of aromatic nitrogens is 1. The van der Waals surface area contributed by atoms with E-state index in [2.05, 4.69) is 15.8 Å². The van der Waals surface area contributed by atoms with Crippen molar-refractivity contribution in [2.24, 2.45) is 0 Å². The molecule has 2 aromatic carbocycles. The molecule has 3 heterocycles. The summed E-state index contributed by atoms with van der Waals surface area (Å²) in [6.45, 7) is -8.75. The Hall–Kier alpha value is -3.14. The number of H-pyrrole nitrogens is 1. The normalized spacial score (nSPS) is 30.8. The quantitative estimate of drug-likeness (QED) is 0.569. The Morgan fingerprint density at radius 1 is 1.25 bits per heavy atom. The summed E-state index contributed by atoms with van der Waals surface area (Å²) in [7, 11) is 0. The van der Waals surface area contributed by atoms with Crippen LogP contribution in [0.3, 0.4) is 0 Å². The summed E-state index contributed by atoms with van der Waals surface area (Å²) in [6.07, 6.45) is -1.98. The molecule has 0 spiro atoms. The summed E-state index contributed by atoms with van der Waals surface area (Å²) < 4.78 is 96.2. The minimum Gasteiger partial charge on any atom is -0.379 e. The summed E-state index contributed by atoms with van der Waals surface area (Å²) in [5.41, 5.74) is 2.90. The fourth-order valence-corrected chi connectivity index (χ4v) is 5.68. The van der Waals surface area contributed by atoms with Gasteiger partial charge in [-0.15, -0.1) is 0 Å². The van der Waals surface area contributed by atoms with Gasteiger partial charge in [0, 0.05) is 75.0 Å². The highest BCUT2D eigenvalue weighted by atomic mass is 16.5. The number of piperidine rings is 1. The summed E-state index contributed by atoms with van der Waals surface area (Å²) in [5, 5.41) is 10.1. The Bertz CT molecular complexity index is 1810. The van der Waals surface area contributed by atoms with Gasteiger partial charge in [-0.25, -0.2) is 0 Å². The molecule has 0 amide bonds. The average Bonchev–Trinajstić information content (AvgIpc) is 3.38. The van der Waals surface area contributed by atoms with Gasteiger partial charge in [-0.2, -0.15) is 5.26 Å². The zero-order chi connectivity index (χ0) is 34.7. The van der Waals surface area contributed by atoms with Crippen molar-refractivity contribution in [1.82, 2.24) is 9.88 Å². The van der Waals surface area contributed by atoms with E-state index in [0.717, 1.165) is 0 Å². The van der Waals surface area contributed by atoms with Crippen molar-refractivity contribution in [2.75, 3.05) is 44.1 Å². The molecule has 0 atom stereocenters. The van der Waals surface area contributed by atoms with Crippen LogP contribution >= 0.6 is 0 Å². The van der Waals surface area contributed by atoms with Crippen LogP contribution in [0.4, 0.5) is 5.69 Å². The summed E-state index contributed by atoms with van der Waals surface area (Å²) in [6, 6.07) is 9.50. The van der Waals surface area contributed by atoms with Crippen LogP contribution in [0.2, 0.25) is 0 Å². The number of nitriles is 1. The van der Waals surface area contributed by atoms with Crippen LogP contribution in [0, 0.1) is 11.3 Å². The van der Waals surface area contributed by atoms with Crippen LogP contribution < -0.4 is 4.90 Å². The number of hydrogen-bond donors (Lipinski definition) is 1. The first-order valence-corrected chi connectivity index (χ1v) is 12.0. The van der Waals surface area contributed by atoms with E-state index in [1.807, 2.05) is 18.7 Å². The number of nitrogens with one attached hydrogen (secondary N) is 1. The Morgan fingerprint density at radius 2 is 2.03 bits per heavy atom. The third-order valence-corrected chi connectivity index (χ3v) is 7.63. The molecule has 1 aromatic heterocycles. The van der Waals surface area contributed by atoms with E-state index in [1.54, 1.807) is 24.3 Å². The summed E-state index contributed by atoms with van der Waals surface area (Å²) >= 11 is 0. The first-order valence-electron chi connectivity index (χ1n) is 17.7. The number of ether oxygens (including phenoxy) is 1. The molecule has 0 unspecified atom stereocenters. The minimum absolute atomic E-state index is 0.0846. The zero-order valence-corrected chi connectivity index (χ0v) is 20.2. The van der Waals surface area contributed by atoms with Crippen LogP contribution in [-0.4, -0.2) is 60.9 Å². The number of ketones is 1. The molecule has 0 saturated carbocycles. The van der Waals surface area contributed by atoms with Gasteiger partial charge in [0.2, 0.25) is 0 Å². The fourth-order valence-electron chi connectivity index (χ4n) is 5.68. The standard InChI is InChI=1S/C30H34N4O2/c1-4-20-16-23-24(17-26(20)34-9-7-21(8-10-34)33-11-13-36-14-12-33)30(2,3)29-27(28(23)35)22-6-5-19(18-31)15-25(22)32-29/h5-6,15-17,21,32H,4,7-14H2,1-3H3/i1D,4D2,11D2,12D2,13D2,14D2. The van der Waals surface area contributed by atoms with Gasteiger partial charge in [-0.3, -0.25) is 9.69 Å². The predicted octanol–water partition coefficient (Wildman–Crippen LogP) is 4.77. The van der Waals surface area contributed by atoms with Crippen molar-refractivity contribution >= 4 is 22.4 Å². The molecular formula is C30H34N4O2. The number of anilines is 1. The minimum atomic E-state index is -3.15. The maximum Gasteiger partial charge on any atom is 0.195 e. The molecule has 6 rings (SSSR count). The van der Waals surface area contributed by atoms with E-state index >= 15 is 0 Å². The number of benzene rings is 2. The van der Waals surface area contributed by atoms with Gasteiger partial charge in [-0.1, -0.05) is 26.8 Å². The summed E-state index contributed by atoms with van der Waals surface area (Å²) in [4.78, 5) is 19.9. The first-order chi connectivity index (χ1) is 21.6. The van der Waals surface area contributed by atoms with Crippen molar-refractivity contribution in [3.63, 3.8) is 0 Å². The third-order valence-electron chi connectivity index (χ3n) is 7.63. The van der Waals surface area contributed by atoms with Crippen LogP contribution in [0.1, 0.15) is 87.0 Å². The number of nitrogens with zero attached hydrogens (tertiary/aromatic N) is 3. The number of hydrogen-bond acceptors (Lipinski definition) is 5. The lowest BCUT2D eigenvalue weighted by molar-refractivity contribution is 0.0115. The second-order valence-electron chi connectivity index (χ2n) is 9.91. The highest BCUT2D eigenvalue weighted by Gasteiger charge is 2.40. The van der Waals surface area contributed by atoms with Gasteiger partial charge in [-0.05, 0) is 54.6 Å². The lowest BCUT2D eigenvalue weighted by atomic mass is 9.70. The van der Waals surface area contributed by atoms with Gasteiger partial charge in [0.15, 0.2) is 5.78 Å². The molecule has 6 heteroatoms. The van der Waals surface area contributed by atoms with Crippen LogP contribution in [0.5, 0.6) is 0 Å². The van der Waals surface area contributed by atoms with E-state index in [9.17, 15) is 10.1 Å². The van der Waals surface area contributed by atoms with E-state index in [-0.39, 0.29) is 37.3 Å². The number of aromatic amines is 1. The number of rotatable bonds is 3. The van der Waals surface area contributed by atoms with Gasteiger partial charge in [0.1, 0.15) is 0 Å². The maximum absolute atomic E-state index is 14.1. The van der Waals surface area contributed by atoms with Gasteiger partial charge in [0.25, 0.3) is 0 Å². The lowest BCUT2D eigenvalue weighted by Gasteiger charge is -2.42. The molecule has 2 saturated heterocycles. The molecule has 0 bridgehead atoms. The molecule has 6 nitrogen and oxygen atoms in total. The van der Waals surface area contributed by atoms with Gasteiger partial charge >= 0.3 is 0 Å². The number of carbonyl (C=O) groups is 1. The number of morpholine rings is 1. The SMILES string of the molecule is [2H]CC([2H])([2H])c1cc2c(cc1N1CCC(N3C([2H])([2H])C([2H])([2H])OC([2H])([2H])C3([2H])[2H])CC1)C(C)(C)c1[nH]c3cc(C#N)ccc3c1C2=O. The molecule has 1 N–H and O–H groups in total. The monoisotopic (exact) mass is 493 g/mol. The van der Waals surface area contributed by atoms with E-state index in [0.29, 0.717) is 49.4 Å². The Labute approximate surface area is 228 Å². The Morgan fingerprint density at radius 3 is 2.75 bits per heavy atom. The molecule has 0 radical (unpaired) electrons. The largest absolute Gasteiger partial charge is 0.379 e. The molecule has 1 aliphatic carbocycles. The second kappa shape index (κ2) is 8.76. The van der Waals surface area contributed by atoms with E-state index in [4.69, 9.17) is 15.1 Å². The smallest absolute Gasteiger partial charge is 0.195 e. The maximum atomic E-state index is 14.1. The number of fused-ring (bicyclic) bond motifs is 4. The molecule has 36 heavy (non-hydrogen) atoms. The molecule has 2 aliphatic heterocycles. The summed E-state index contributed by atoms with van der Waals surface area (Å²) in [5.74, 6) is -0.308. The number of carbonyl (C=O) groups excluding carboxylic acids is 1. The molecule has 3 aromatic rings. The molecule has 186 valence electrons. The predicted molar refractivity (Wildman–Crippen MR) is 142 cm³/mol. The van der Waals surface area contributed by atoms with E-state index < -0.39 is 50.8 Å². The third kappa shape index (κ3) is 3.56. The van der Waals surface area contributed by atoms with Crippen LogP contribution in [0.25, 0.3) is 10.9 Å². The van der Waals surface area contributed by atoms with Crippen LogP contribution in [0.15, 0.2) is 30.3 Å². The zero-order valence-electron chi connectivity index (χ0n) is 31.2. The van der Waals surface area contributed by atoms with Crippen molar-refractivity contribution in [3.05, 3.63) is 63.8 Å². The highest BCUT2D eigenvalue weighted by molar-refractivity contribution is 6.20. The topological polar surface area (TPSA) is 72.4 Å². The second-order valence-corrected chi connectivity index (χ2v) is 9.91. The first kappa shape index (κ1) is 14.0. The Kier molecular flexibility index (Phi) is 3.40. The fraction of sp³-hybridized carbons (Fsp3) is 0.467. The van der Waals surface area contributed by atoms with Crippen molar-refractivity contribution < 1.29 is 24.6 Å². The van der Waals surface area contributed by atoms with Crippen LogP contribution in [-0.2, 0) is 16.5 Å². The highest BCUT2D eigenvalue weighted by Crippen LogP contribution is 2.46. The van der Waals surface area contributed by atoms with Gasteiger partial charge < -0.3 is 14.6 Å². The molecular weight excluding hydrogens is 448 g/mol. The van der Waals surface area contributed by atoms with E-state index in [1.165, 1.54) is 6.07 Å². The average molecular weight is 494 g/mol. The number of aryl methyl sites for hydroxylation is 1. The molecule has 3 aliphatic rings. The van der Waals surface area contributed by atoms with Crippen molar-refractivity contribution in [1.29, 1.82) is 5.26 Å². The van der Waals surface area contributed by atoms with Crippen molar-refractivity contribution in [2.45, 2.75) is 51.4 Å².